The van der Waals surface area contributed by atoms with E-state index in [0.717, 1.165) is 55.7 Å². The Kier molecular flexibility index (Phi) is 9.82. The highest BCUT2D eigenvalue weighted by Gasteiger charge is 2.41. The van der Waals surface area contributed by atoms with Crippen LogP contribution in [0.2, 0.25) is 0 Å². The van der Waals surface area contributed by atoms with Crippen molar-refractivity contribution in [2.45, 2.75) is 76.7 Å². The van der Waals surface area contributed by atoms with Gasteiger partial charge in [-0.1, -0.05) is 80.4 Å². The van der Waals surface area contributed by atoms with Gasteiger partial charge in [0, 0.05) is 11.1 Å². The van der Waals surface area contributed by atoms with Crippen LogP contribution in [0.25, 0.3) is 0 Å². The summed E-state index contributed by atoms with van der Waals surface area (Å²) in [5.74, 6) is -4.53. The van der Waals surface area contributed by atoms with Crippen molar-refractivity contribution in [3.63, 3.8) is 0 Å². The van der Waals surface area contributed by atoms with E-state index in [0.29, 0.717) is 11.5 Å². The lowest BCUT2D eigenvalue weighted by molar-refractivity contribution is -0.176. The van der Waals surface area contributed by atoms with Crippen LogP contribution in [0.3, 0.4) is 0 Å². The van der Waals surface area contributed by atoms with Gasteiger partial charge >= 0.3 is 12.1 Å². The quantitative estimate of drug-likeness (QED) is 0.216. The second-order valence-corrected chi connectivity index (χ2v) is 10.5. The van der Waals surface area contributed by atoms with E-state index in [2.05, 4.69) is 11.7 Å². The molecule has 3 aromatic rings. The maximum atomic E-state index is 16.0. The van der Waals surface area contributed by atoms with Gasteiger partial charge in [0.1, 0.15) is 30.3 Å². The van der Waals surface area contributed by atoms with Crippen LogP contribution >= 0.6 is 0 Å². The minimum Gasteiger partial charge on any atom is -0.488 e. The van der Waals surface area contributed by atoms with Gasteiger partial charge in [-0.25, -0.2) is 4.39 Å². The molecular formula is C32H34F6O2. The number of rotatable bonds is 11. The molecule has 2 nitrogen and oxygen atoms in total. The Morgan fingerprint density at radius 1 is 0.800 bits per heavy atom. The molecule has 4 rings (SSSR count). The van der Waals surface area contributed by atoms with E-state index < -0.39 is 47.8 Å². The lowest BCUT2D eigenvalue weighted by Crippen LogP contribution is -2.21. The number of hydrogen-bond acceptors (Lipinski definition) is 2. The van der Waals surface area contributed by atoms with E-state index in [-0.39, 0.29) is 12.4 Å². The average molecular weight is 565 g/mol. The molecule has 1 aliphatic carbocycles. The highest BCUT2D eigenvalue weighted by atomic mass is 19.4. The monoisotopic (exact) mass is 564 g/mol. The van der Waals surface area contributed by atoms with E-state index >= 15 is 13.2 Å². The van der Waals surface area contributed by atoms with Gasteiger partial charge in [0.2, 0.25) is 0 Å². The molecule has 1 saturated carbocycles. The summed E-state index contributed by atoms with van der Waals surface area (Å²) in [6, 6.07) is 17.0. The molecule has 0 heterocycles. The maximum absolute atomic E-state index is 16.0. The van der Waals surface area contributed by atoms with Gasteiger partial charge in [-0.3, -0.25) is 0 Å². The third-order valence-electron chi connectivity index (χ3n) is 7.55. The number of benzene rings is 3. The minimum atomic E-state index is -4.63. The molecular weight excluding hydrogens is 530 g/mol. The number of hydrogen-bond donors (Lipinski definition) is 0. The fourth-order valence-corrected chi connectivity index (χ4v) is 5.44. The SMILES string of the molecule is CCCC1CCC(c2ccc(C(F)(F)c3c(OCc4ccccc4)ccc(COCC(F)(F)F)c3F)cc2)CC1. The highest BCUT2D eigenvalue weighted by molar-refractivity contribution is 5.47. The van der Waals surface area contributed by atoms with Gasteiger partial charge in [-0.15, -0.1) is 0 Å². The summed E-state index contributed by atoms with van der Waals surface area (Å²) < 4.78 is 95.4. The molecule has 8 heteroatoms. The highest BCUT2D eigenvalue weighted by Crippen LogP contribution is 2.44. The molecule has 0 aromatic heterocycles. The zero-order valence-corrected chi connectivity index (χ0v) is 22.5. The number of halogens is 6. The normalized spacial score (nSPS) is 18.1. The van der Waals surface area contributed by atoms with Gasteiger partial charge in [-0.2, -0.15) is 22.0 Å². The predicted molar refractivity (Wildman–Crippen MR) is 142 cm³/mol. The molecule has 0 unspecified atom stereocenters. The molecule has 0 atom stereocenters. The van der Waals surface area contributed by atoms with E-state index in [4.69, 9.17) is 4.74 Å². The summed E-state index contributed by atoms with van der Waals surface area (Å²) in [7, 11) is 0. The second-order valence-electron chi connectivity index (χ2n) is 10.5. The van der Waals surface area contributed by atoms with Crippen LogP contribution in [-0.2, 0) is 23.9 Å². The summed E-state index contributed by atoms with van der Waals surface area (Å²) in [5.41, 5.74) is -0.193. The number of alkyl halides is 5. The van der Waals surface area contributed by atoms with Crippen LogP contribution in [0, 0.1) is 11.7 Å². The van der Waals surface area contributed by atoms with Gasteiger partial charge in [0.25, 0.3) is 0 Å². The third-order valence-corrected chi connectivity index (χ3v) is 7.55. The first-order chi connectivity index (χ1) is 19.1. The summed E-state index contributed by atoms with van der Waals surface area (Å²) >= 11 is 0. The Bertz CT molecular complexity index is 1220. The van der Waals surface area contributed by atoms with Crippen LogP contribution in [0.15, 0.2) is 66.7 Å². The van der Waals surface area contributed by atoms with Crippen LogP contribution in [-0.4, -0.2) is 12.8 Å². The summed E-state index contributed by atoms with van der Waals surface area (Å²) in [5, 5.41) is 0. The molecule has 0 spiro atoms. The first-order valence-corrected chi connectivity index (χ1v) is 13.7. The summed E-state index contributed by atoms with van der Waals surface area (Å²) in [4.78, 5) is 0. The zero-order valence-electron chi connectivity index (χ0n) is 22.5. The van der Waals surface area contributed by atoms with Crippen molar-refractivity contribution in [3.05, 3.63) is 100 Å². The number of ether oxygens (including phenoxy) is 2. The van der Waals surface area contributed by atoms with Crippen LogP contribution in [0.1, 0.15) is 79.2 Å². The van der Waals surface area contributed by atoms with E-state index in [1.165, 1.54) is 18.6 Å². The van der Waals surface area contributed by atoms with Crippen molar-refractivity contribution in [3.8, 4) is 5.75 Å². The van der Waals surface area contributed by atoms with Gasteiger partial charge < -0.3 is 9.47 Å². The van der Waals surface area contributed by atoms with E-state index in [1.807, 2.05) is 0 Å². The lowest BCUT2D eigenvalue weighted by atomic mass is 9.77. The van der Waals surface area contributed by atoms with E-state index in [9.17, 15) is 13.2 Å². The first-order valence-electron chi connectivity index (χ1n) is 13.7. The molecule has 3 aromatic carbocycles. The largest absolute Gasteiger partial charge is 0.488 e. The zero-order chi connectivity index (χ0) is 28.8. The average Bonchev–Trinajstić information content (AvgIpc) is 2.93. The Hall–Kier alpha value is -3.00. The van der Waals surface area contributed by atoms with E-state index in [1.54, 1.807) is 42.5 Å². The lowest BCUT2D eigenvalue weighted by Gasteiger charge is -2.29. The molecule has 0 bridgehead atoms. The smallest absolute Gasteiger partial charge is 0.411 e. The van der Waals surface area contributed by atoms with Crippen LogP contribution < -0.4 is 4.74 Å². The van der Waals surface area contributed by atoms with Crippen LogP contribution in [0.4, 0.5) is 26.3 Å². The van der Waals surface area contributed by atoms with Crippen molar-refractivity contribution < 1.29 is 35.8 Å². The topological polar surface area (TPSA) is 18.5 Å². The standard InChI is InChI=1S/C32H34F6O2/c1-2-6-22-9-11-24(12-10-22)25-13-16-27(17-14-25)32(37,38)29-28(40-19-23-7-4-3-5-8-23)18-15-26(30(29)33)20-39-21-31(34,35)36/h3-5,7-8,13-18,22,24H,2,6,9-12,19-21H2,1H3. The molecule has 1 aliphatic rings. The Morgan fingerprint density at radius 3 is 2.10 bits per heavy atom. The Labute approximate surface area is 231 Å². The molecule has 216 valence electrons. The van der Waals surface area contributed by atoms with Gasteiger partial charge in [0.15, 0.2) is 0 Å². The molecule has 0 radical (unpaired) electrons. The maximum Gasteiger partial charge on any atom is 0.411 e. The molecule has 0 N–H and O–H groups in total. The Balaban J connectivity index is 1.60. The molecule has 0 amide bonds. The molecule has 0 saturated heterocycles. The summed E-state index contributed by atoms with van der Waals surface area (Å²) in [6.45, 7) is -0.344. The second kappa shape index (κ2) is 13.1. The van der Waals surface area contributed by atoms with Crippen molar-refractivity contribution in [2.24, 2.45) is 5.92 Å². The predicted octanol–water partition coefficient (Wildman–Crippen LogP) is 9.70. The fourth-order valence-electron chi connectivity index (χ4n) is 5.44. The van der Waals surface area contributed by atoms with Gasteiger partial charge in [0.05, 0.1) is 6.61 Å². The summed E-state index contributed by atoms with van der Waals surface area (Å²) in [6.07, 6.45) is 1.98. The fraction of sp³-hybridized carbons (Fsp3) is 0.438. The first kappa shape index (κ1) is 30.0. The molecule has 40 heavy (non-hydrogen) atoms. The minimum absolute atomic E-state index is 0.0904. The third kappa shape index (κ3) is 7.59. The van der Waals surface area contributed by atoms with Crippen molar-refractivity contribution in [2.75, 3.05) is 6.61 Å². The van der Waals surface area contributed by atoms with Gasteiger partial charge in [-0.05, 0) is 54.7 Å². The van der Waals surface area contributed by atoms with Crippen molar-refractivity contribution in [1.82, 2.24) is 0 Å². The molecule has 0 aliphatic heterocycles. The van der Waals surface area contributed by atoms with Crippen LogP contribution in [0.5, 0.6) is 5.75 Å². The van der Waals surface area contributed by atoms with Crippen molar-refractivity contribution in [1.29, 1.82) is 0 Å². The Morgan fingerprint density at radius 2 is 1.48 bits per heavy atom. The van der Waals surface area contributed by atoms with Crippen molar-refractivity contribution >= 4 is 0 Å². The molecule has 1 fully saturated rings.